The highest BCUT2D eigenvalue weighted by Crippen LogP contribution is 2.29. The molecule has 1 atom stereocenters. The van der Waals surface area contributed by atoms with E-state index in [0.717, 1.165) is 30.4 Å². The minimum absolute atomic E-state index is 0.186. The topological polar surface area (TPSA) is 95.6 Å². The summed E-state index contributed by atoms with van der Waals surface area (Å²) in [6.45, 7) is 4.62. The molecule has 2 amide bonds. The van der Waals surface area contributed by atoms with E-state index < -0.39 is 21.8 Å². The zero-order chi connectivity index (χ0) is 21.7. The van der Waals surface area contributed by atoms with Crippen LogP contribution in [0.1, 0.15) is 36.8 Å². The molecule has 0 unspecified atom stereocenters. The van der Waals surface area contributed by atoms with E-state index in [0.29, 0.717) is 22.9 Å². The van der Waals surface area contributed by atoms with Gasteiger partial charge in [0.25, 0.3) is 10.0 Å². The smallest absolute Gasteiger partial charge is 0.313 e. The number of hydrogen-bond acceptors (Lipinski definition) is 5. The van der Waals surface area contributed by atoms with Gasteiger partial charge in [-0.1, -0.05) is 18.6 Å². The van der Waals surface area contributed by atoms with E-state index in [-0.39, 0.29) is 12.6 Å². The lowest BCUT2D eigenvalue weighted by Gasteiger charge is -2.34. The molecule has 0 saturated carbocycles. The standard InChI is InChI=1S/C21H27N3O4S2/c1-15-8-9-17(14-16(15)2)23-21(26)20(25)22-11-10-18-6-3-4-12-24(18)30(27,28)19-7-5-13-29-19/h5,7-9,13-14,18H,3-4,6,10-12H2,1-2H3,(H,22,25)(H,23,26)/t18-/m0/s1. The number of sulfonamides is 1. The molecule has 1 fully saturated rings. The van der Waals surface area contributed by atoms with Gasteiger partial charge in [0, 0.05) is 24.8 Å². The van der Waals surface area contributed by atoms with Crippen molar-refractivity contribution in [2.75, 3.05) is 18.4 Å². The van der Waals surface area contributed by atoms with Crippen LogP contribution < -0.4 is 10.6 Å². The molecule has 0 bridgehead atoms. The van der Waals surface area contributed by atoms with Gasteiger partial charge in [-0.15, -0.1) is 11.3 Å². The summed E-state index contributed by atoms with van der Waals surface area (Å²) < 4.78 is 27.7. The number of piperidine rings is 1. The third kappa shape index (κ3) is 5.27. The molecule has 1 saturated heterocycles. The number of anilines is 1. The van der Waals surface area contributed by atoms with Crippen LogP contribution in [0, 0.1) is 13.8 Å². The fourth-order valence-electron chi connectivity index (χ4n) is 3.54. The molecule has 162 valence electrons. The molecule has 1 aromatic carbocycles. The number of thiophene rings is 1. The van der Waals surface area contributed by atoms with Gasteiger partial charge in [-0.05, 0) is 67.8 Å². The van der Waals surface area contributed by atoms with Crippen LogP contribution in [0.15, 0.2) is 39.9 Å². The second-order valence-electron chi connectivity index (χ2n) is 7.50. The number of nitrogens with zero attached hydrogens (tertiary/aromatic N) is 1. The zero-order valence-electron chi connectivity index (χ0n) is 17.2. The zero-order valence-corrected chi connectivity index (χ0v) is 18.8. The maximum absolute atomic E-state index is 12.9. The molecule has 2 aromatic rings. The summed E-state index contributed by atoms with van der Waals surface area (Å²) in [5, 5.41) is 6.96. The Hall–Kier alpha value is -2.23. The third-order valence-corrected chi connectivity index (χ3v) is 8.69. The predicted molar refractivity (Wildman–Crippen MR) is 118 cm³/mol. The number of amides is 2. The van der Waals surface area contributed by atoms with Crippen molar-refractivity contribution < 1.29 is 18.0 Å². The third-order valence-electron chi connectivity index (χ3n) is 5.37. The molecular weight excluding hydrogens is 422 g/mol. The highest BCUT2D eigenvalue weighted by molar-refractivity contribution is 7.91. The molecule has 0 radical (unpaired) electrons. The summed E-state index contributed by atoms with van der Waals surface area (Å²) in [4.78, 5) is 24.3. The maximum atomic E-state index is 12.9. The number of hydrogen-bond donors (Lipinski definition) is 2. The SMILES string of the molecule is Cc1ccc(NC(=O)C(=O)NCC[C@@H]2CCCCN2S(=O)(=O)c2cccs2)cc1C. The molecule has 1 aliphatic heterocycles. The number of rotatable bonds is 6. The highest BCUT2D eigenvalue weighted by Gasteiger charge is 2.33. The first-order chi connectivity index (χ1) is 14.3. The molecule has 9 heteroatoms. The second-order valence-corrected chi connectivity index (χ2v) is 10.6. The van der Waals surface area contributed by atoms with E-state index in [1.807, 2.05) is 26.0 Å². The van der Waals surface area contributed by atoms with Crippen molar-refractivity contribution in [2.45, 2.75) is 49.8 Å². The van der Waals surface area contributed by atoms with Gasteiger partial charge >= 0.3 is 11.8 Å². The monoisotopic (exact) mass is 449 g/mol. The molecule has 30 heavy (non-hydrogen) atoms. The summed E-state index contributed by atoms with van der Waals surface area (Å²) in [6, 6.07) is 8.61. The Balaban J connectivity index is 1.54. The van der Waals surface area contributed by atoms with E-state index in [2.05, 4.69) is 10.6 Å². The Kier molecular flexibility index (Phi) is 7.27. The van der Waals surface area contributed by atoms with Gasteiger partial charge < -0.3 is 10.6 Å². The van der Waals surface area contributed by atoms with Crippen molar-refractivity contribution >= 4 is 38.9 Å². The fourth-order valence-corrected chi connectivity index (χ4v) is 6.39. The molecule has 7 nitrogen and oxygen atoms in total. The summed E-state index contributed by atoms with van der Waals surface area (Å²) in [5.41, 5.74) is 2.70. The number of benzene rings is 1. The van der Waals surface area contributed by atoms with E-state index >= 15 is 0 Å². The Morgan fingerprint density at radius 3 is 2.63 bits per heavy atom. The lowest BCUT2D eigenvalue weighted by molar-refractivity contribution is -0.136. The lowest BCUT2D eigenvalue weighted by atomic mass is 10.0. The van der Waals surface area contributed by atoms with E-state index in [4.69, 9.17) is 0 Å². The average molecular weight is 450 g/mol. The summed E-state index contributed by atoms with van der Waals surface area (Å²) >= 11 is 1.21. The largest absolute Gasteiger partial charge is 0.348 e. The van der Waals surface area contributed by atoms with Gasteiger partial charge in [-0.25, -0.2) is 8.42 Å². The Labute approximate surface area is 181 Å². The van der Waals surface area contributed by atoms with Crippen molar-refractivity contribution in [1.82, 2.24) is 9.62 Å². The van der Waals surface area contributed by atoms with Gasteiger partial charge in [0.1, 0.15) is 4.21 Å². The first kappa shape index (κ1) is 22.5. The maximum Gasteiger partial charge on any atom is 0.313 e. The van der Waals surface area contributed by atoms with Gasteiger partial charge in [-0.3, -0.25) is 9.59 Å². The molecule has 1 aromatic heterocycles. The van der Waals surface area contributed by atoms with Crippen molar-refractivity contribution in [3.63, 3.8) is 0 Å². The number of carbonyl (C=O) groups excluding carboxylic acids is 2. The Morgan fingerprint density at radius 2 is 1.93 bits per heavy atom. The molecular formula is C21H27N3O4S2. The van der Waals surface area contributed by atoms with Crippen molar-refractivity contribution in [2.24, 2.45) is 0 Å². The van der Waals surface area contributed by atoms with Gasteiger partial charge in [-0.2, -0.15) is 4.31 Å². The molecule has 0 spiro atoms. The molecule has 0 aliphatic carbocycles. The summed E-state index contributed by atoms with van der Waals surface area (Å²) in [6.07, 6.45) is 2.98. The van der Waals surface area contributed by atoms with Crippen LogP contribution in [0.3, 0.4) is 0 Å². The van der Waals surface area contributed by atoms with E-state index in [1.165, 1.54) is 11.3 Å². The number of carbonyl (C=O) groups is 2. The molecule has 1 aliphatic rings. The van der Waals surface area contributed by atoms with Crippen molar-refractivity contribution in [3.05, 3.63) is 46.8 Å². The second kappa shape index (κ2) is 9.72. The van der Waals surface area contributed by atoms with Gasteiger partial charge in [0.15, 0.2) is 0 Å². The van der Waals surface area contributed by atoms with Crippen LogP contribution in [0.2, 0.25) is 0 Å². The van der Waals surface area contributed by atoms with Crippen LogP contribution in [0.5, 0.6) is 0 Å². The van der Waals surface area contributed by atoms with Crippen LogP contribution in [-0.2, 0) is 19.6 Å². The molecule has 2 N–H and O–H groups in total. The van der Waals surface area contributed by atoms with E-state index in [1.54, 1.807) is 27.9 Å². The Morgan fingerprint density at radius 1 is 1.13 bits per heavy atom. The van der Waals surface area contributed by atoms with Crippen LogP contribution in [0.25, 0.3) is 0 Å². The lowest BCUT2D eigenvalue weighted by Crippen LogP contribution is -2.45. The minimum atomic E-state index is -3.52. The van der Waals surface area contributed by atoms with Crippen LogP contribution in [0.4, 0.5) is 5.69 Å². The Bertz CT molecular complexity index is 1000. The average Bonchev–Trinajstić information content (AvgIpc) is 3.27. The fraction of sp³-hybridized carbons (Fsp3) is 0.429. The molecule has 3 rings (SSSR count). The number of nitrogens with one attached hydrogen (secondary N) is 2. The highest BCUT2D eigenvalue weighted by atomic mass is 32.2. The van der Waals surface area contributed by atoms with Gasteiger partial charge in [0.2, 0.25) is 0 Å². The summed E-state index contributed by atoms with van der Waals surface area (Å²) in [5.74, 6) is -1.46. The predicted octanol–water partition coefficient (Wildman–Crippen LogP) is 3.05. The number of aryl methyl sites for hydroxylation is 2. The van der Waals surface area contributed by atoms with Crippen molar-refractivity contribution in [3.8, 4) is 0 Å². The van der Waals surface area contributed by atoms with Crippen LogP contribution >= 0.6 is 11.3 Å². The first-order valence-corrected chi connectivity index (χ1v) is 12.3. The first-order valence-electron chi connectivity index (χ1n) is 10.0. The van der Waals surface area contributed by atoms with E-state index in [9.17, 15) is 18.0 Å². The van der Waals surface area contributed by atoms with Gasteiger partial charge in [0.05, 0.1) is 0 Å². The summed E-state index contributed by atoms with van der Waals surface area (Å²) in [7, 11) is -3.52. The minimum Gasteiger partial charge on any atom is -0.348 e. The van der Waals surface area contributed by atoms with Crippen molar-refractivity contribution in [1.29, 1.82) is 0 Å². The normalized spacial score (nSPS) is 17.5. The van der Waals surface area contributed by atoms with Crippen LogP contribution in [-0.4, -0.2) is 43.7 Å². The molecule has 2 heterocycles. The quantitative estimate of drug-likeness (QED) is 0.663.